The summed E-state index contributed by atoms with van der Waals surface area (Å²) >= 11 is 6.39. The number of anilines is 1. The maximum Gasteiger partial charge on any atom is 0.427 e. The number of ether oxygens (including phenoxy) is 1. The molecule has 208 valence electrons. The third kappa shape index (κ3) is 5.05. The Balaban J connectivity index is 1.55. The van der Waals surface area contributed by atoms with Gasteiger partial charge in [-0.15, -0.1) is 5.48 Å². The number of aromatic nitrogens is 4. The van der Waals surface area contributed by atoms with E-state index in [-0.39, 0.29) is 11.6 Å². The summed E-state index contributed by atoms with van der Waals surface area (Å²) in [6.07, 6.45) is 7.12. The Hall–Kier alpha value is -2.95. The van der Waals surface area contributed by atoms with E-state index in [2.05, 4.69) is 52.9 Å². The van der Waals surface area contributed by atoms with Gasteiger partial charge >= 0.3 is 6.09 Å². The summed E-state index contributed by atoms with van der Waals surface area (Å²) in [5.74, 6) is 2.24. The first-order chi connectivity index (χ1) is 18.7. The Morgan fingerprint density at radius 3 is 2.64 bits per heavy atom. The summed E-state index contributed by atoms with van der Waals surface area (Å²) in [6.45, 7) is 11.1. The average Bonchev–Trinajstić information content (AvgIpc) is 3.50. The third-order valence-electron chi connectivity index (χ3n) is 8.64. The van der Waals surface area contributed by atoms with E-state index in [1.54, 1.807) is 12.4 Å². The second-order valence-corrected chi connectivity index (χ2v) is 12.1. The average molecular weight is 554 g/mol. The molecule has 5 heterocycles. The number of halogens is 1. The number of hydrogen-bond donors (Lipinski definition) is 2. The van der Waals surface area contributed by atoms with Crippen LogP contribution in [0.4, 0.5) is 10.7 Å². The molecule has 2 saturated heterocycles. The zero-order valence-corrected chi connectivity index (χ0v) is 23.7. The van der Waals surface area contributed by atoms with Gasteiger partial charge in [0.1, 0.15) is 0 Å². The van der Waals surface area contributed by atoms with Crippen LogP contribution in [0.2, 0.25) is 5.02 Å². The molecule has 3 aliphatic rings. The Morgan fingerprint density at radius 2 is 1.92 bits per heavy atom. The van der Waals surface area contributed by atoms with Crippen LogP contribution in [0.25, 0.3) is 22.3 Å². The van der Waals surface area contributed by atoms with Gasteiger partial charge in [0.25, 0.3) is 0 Å². The Morgan fingerprint density at radius 1 is 1.13 bits per heavy atom. The van der Waals surface area contributed by atoms with Gasteiger partial charge in [-0.1, -0.05) is 31.4 Å². The number of pyridine rings is 2. The van der Waals surface area contributed by atoms with E-state index >= 15 is 0 Å². The minimum absolute atomic E-state index is 0.112. The van der Waals surface area contributed by atoms with Crippen LogP contribution in [-0.4, -0.2) is 50.4 Å². The summed E-state index contributed by atoms with van der Waals surface area (Å²) in [6, 6.07) is 3.92. The van der Waals surface area contributed by atoms with Gasteiger partial charge in [-0.3, -0.25) is 10.3 Å². The van der Waals surface area contributed by atoms with E-state index in [4.69, 9.17) is 31.1 Å². The second kappa shape index (κ2) is 10.2. The maximum atomic E-state index is 11.8. The number of amides is 1. The van der Waals surface area contributed by atoms with Gasteiger partial charge in [-0.25, -0.2) is 14.8 Å². The fourth-order valence-corrected chi connectivity index (χ4v) is 6.18. The molecule has 2 unspecified atom stereocenters. The minimum Gasteiger partial charge on any atom is -0.372 e. The molecule has 6 rings (SSSR count). The first-order valence-corrected chi connectivity index (χ1v) is 14.2. The number of hydrogen-bond acceptors (Lipinski definition) is 8. The standard InChI is InChI=1S/C28H36ClN7O3/c1-16-5-7-18(8-6-16)15-36-24-21(32-26(36)35-9-10-38-28(3,4)17(35)2)12-22(25-33-27(37)39-34-25)31-23(24)19-11-20(29)14-30-13-19/h11-14,16-18,25,34H,5-10,15H2,1-4H3,(H,33,37). The number of fused-ring (bicyclic) bond motifs is 1. The molecule has 3 aromatic heterocycles. The molecule has 3 aromatic rings. The van der Waals surface area contributed by atoms with E-state index in [0.717, 1.165) is 47.2 Å². The number of morpholine rings is 1. The van der Waals surface area contributed by atoms with Gasteiger partial charge in [0.05, 0.1) is 45.7 Å². The van der Waals surface area contributed by atoms with E-state index in [1.807, 2.05) is 12.1 Å². The van der Waals surface area contributed by atoms with Crippen LogP contribution in [-0.2, 0) is 16.1 Å². The molecule has 0 bridgehead atoms. The van der Waals surface area contributed by atoms with Crippen molar-refractivity contribution in [3.8, 4) is 11.3 Å². The highest BCUT2D eigenvalue weighted by Gasteiger charge is 2.38. The van der Waals surface area contributed by atoms with Gasteiger partial charge in [0.15, 0.2) is 6.17 Å². The van der Waals surface area contributed by atoms with Crippen LogP contribution in [0.5, 0.6) is 0 Å². The molecule has 39 heavy (non-hydrogen) atoms. The monoisotopic (exact) mass is 553 g/mol. The van der Waals surface area contributed by atoms with Gasteiger partial charge in [0.2, 0.25) is 5.95 Å². The smallest absolute Gasteiger partial charge is 0.372 e. The van der Waals surface area contributed by atoms with Crippen molar-refractivity contribution < 1.29 is 14.4 Å². The zero-order valence-electron chi connectivity index (χ0n) is 22.9. The Bertz CT molecular complexity index is 1380. The molecule has 0 aromatic carbocycles. The van der Waals surface area contributed by atoms with E-state index < -0.39 is 12.3 Å². The number of carbonyl (C=O) groups is 1. The minimum atomic E-state index is -0.595. The first-order valence-electron chi connectivity index (χ1n) is 13.8. The molecule has 1 amide bonds. The predicted molar refractivity (Wildman–Crippen MR) is 149 cm³/mol. The van der Waals surface area contributed by atoms with Crippen molar-refractivity contribution in [3.05, 3.63) is 35.2 Å². The molecule has 2 N–H and O–H groups in total. The second-order valence-electron chi connectivity index (χ2n) is 11.7. The van der Waals surface area contributed by atoms with Crippen molar-refractivity contribution in [1.82, 2.24) is 30.3 Å². The molecule has 10 nitrogen and oxygen atoms in total. The molecule has 1 saturated carbocycles. The van der Waals surface area contributed by atoms with Crippen LogP contribution in [0.1, 0.15) is 65.2 Å². The lowest BCUT2D eigenvalue weighted by molar-refractivity contribution is -0.0536. The van der Waals surface area contributed by atoms with Crippen molar-refractivity contribution in [3.63, 3.8) is 0 Å². The summed E-state index contributed by atoms with van der Waals surface area (Å²) in [5, 5.41) is 3.29. The Labute approximate surface area is 233 Å². The lowest BCUT2D eigenvalue weighted by Gasteiger charge is -2.45. The number of imidazole rings is 1. The van der Waals surface area contributed by atoms with Crippen molar-refractivity contribution in [1.29, 1.82) is 0 Å². The van der Waals surface area contributed by atoms with Gasteiger partial charge in [-0.05, 0) is 57.6 Å². The van der Waals surface area contributed by atoms with Crippen LogP contribution >= 0.6 is 11.6 Å². The van der Waals surface area contributed by atoms with Crippen molar-refractivity contribution in [2.75, 3.05) is 18.1 Å². The first kappa shape index (κ1) is 26.3. The number of rotatable bonds is 5. The van der Waals surface area contributed by atoms with Crippen molar-refractivity contribution in [2.45, 2.75) is 77.7 Å². The zero-order chi connectivity index (χ0) is 27.3. The number of hydroxylamine groups is 1. The largest absolute Gasteiger partial charge is 0.427 e. The molecule has 2 aliphatic heterocycles. The van der Waals surface area contributed by atoms with Crippen molar-refractivity contribution >= 4 is 34.7 Å². The van der Waals surface area contributed by atoms with Crippen molar-refractivity contribution in [2.24, 2.45) is 11.8 Å². The highest BCUT2D eigenvalue weighted by atomic mass is 35.5. The lowest BCUT2D eigenvalue weighted by Crippen LogP contribution is -2.56. The molecule has 0 spiro atoms. The quantitative estimate of drug-likeness (QED) is 0.443. The summed E-state index contributed by atoms with van der Waals surface area (Å²) in [5.41, 5.74) is 6.26. The predicted octanol–water partition coefficient (Wildman–Crippen LogP) is 5.22. The van der Waals surface area contributed by atoms with E-state index in [1.165, 1.54) is 25.7 Å². The molecular formula is C28H36ClN7O3. The highest BCUT2D eigenvalue weighted by molar-refractivity contribution is 6.30. The third-order valence-corrected chi connectivity index (χ3v) is 8.85. The fourth-order valence-electron chi connectivity index (χ4n) is 6.01. The number of carbonyl (C=O) groups excluding carboxylic acids is 1. The highest BCUT2D eigenvalue weighted by Crippen LogP contribution is 2.38. The number of nitrogens with zero attached hydrogens (tertiary/aromatic N) is 5. The Kier molecular flexibility index (Phi) is 6.89. The molecule has 1 aliphatic carbocycles. The summed E-state index contributed by atoms with van der Waals surface area (Å²) in [7, 11) is 0. The molecule has 11 heteroatoms. The maximum absolute atomic E-state index is 11.8. The van der Waals surface area contributed by atoms with Gasteiger partial charge in [0, 0.05) is 31.0 Å². The summed E-state index contributed by atoms with van der Waals surface area (Å²) < 4.78 is 8.49. The van der Waals surface area contributed by atoms with Gasteiger partial charge < -0.3 is 19.0 Å². The van der Waals surface area contributed by atoms with E-state index in [9.17, 15) is 4.79 Å². The SMILES string of the molecule is CC1CCC(Cn2c(N3CCOC(C)(C)C3C)nc3cc(C4NOC(=O)N4)nc(-c4cncc(Cl)c4)c32)CC1. The molecule has 3 fully saturated rings. The topological polar surface area (TPSA) is 106 Å². The van der Waals surface area contributed by atoms with Crippen LogP contribution < -0.4 is 15.7 Å². The van der Waals surface area contributed by atoms with Crippen LogP contribution in [0.15, 0.2) is 24.5 Å². The molecule has 0 radical (unpaired) electrons. The van der Waals surface area contributed by atoms with Crippen LogP contribution in [0.3, 0.4) is 0 Å². The molecular weight excluding hydrogens is 518 g/mol. The van der Waals surface area contributed by atoms with E-state index in [0.29, 0.717) is 23.2 Å². The summed E-state index contributed by atoms with van der Waals surface area (Å²) in [4.78, 5) is 33.8. The lowest BCUT2D eigenvalue weighted by atomic mass is 9.83. The molecule has 2 atom stereocenters. The fraction of sp³-hybridized carbons (Fsp3) is 0.571. The van der Waals surface area contributed by atoms with Crippen LogP contribution in [0, 0.1) is 11.8 Å². The van der Waals surface area contributed by atoms with Gasteiger partial charge in [-0.2, -0.15) is 0 Å². The normalized spacial score (nSPS) is 27.0. The number of nitrogens with one attached hydrogen (secondary N) is 2.